The fourth-order valence-corrected chi connectivity index (χ4v) is 3.22. The van der Waals surface area contributed by atoms with E-state index in [4.69, 9.17) is 10.5 Å². The zero-order chi connectivity index (χ0) is 19.2. The minimum absolute atomic E-state index is 0.0502. The monoisotopic (exact) mass is 367 g/mol. The van der Waals surface area contributed by atoms with Gasteiger partial charge in [-0.25, -0.2) is 9.79 Å². The predicted molar refractivity (Wildman–Crippen MR) is 101 cm³/mol. The highest BCUT2D eigenvalue weighted by Crippen LogP contribution is 2.17. The van der Waals surface area contributed by atoms with E-state index in [9.17, 15) is 9.59 Å². The van der Waals surface area contributed by atoms with Crippen molar-refractivity contribution in [1.82, 2.24) is 15.1 Å². The number of hydrogen-bond donors (Lipinski definition) is 2. The number of ether oxygens (including phenoxy) is 1. The van der Waals surface area contributed by atoms with Crippen LogP contribution in [0.15, 0.2) is 4.99 Å². The first-order chi connectivity index (χ1) is 12.2. The molecule has 0 radical (unpaired) electrons. The molecule has 1 saturated heterocycles. The molecule has 2 fully saturated rings. The zero-order valence-electron chi connectivity index (χ0n) is 16.3. The number of piperazine rings is 1. The summed E-state index contributed by atoms with van der Waals surface area (Å²) < 4.78 is 5.38. The number of guanidine groups is 1. The summed E-state index contributed by atoms with van der Waals surface area (Å²) in [6.07, 6.45) is 5.41. The number of nitrogens with two attached hydrogens (primary N) is 1. The van der Waals surface area contributed by atoms with Gasteiger partial charge in [0.05, 0.1) is 0 Å². The number of amides is 2. The summed E-state index contributed by atoms with van der Waals surface area (Å²) in [4.78, 5) is 31.9. The molecule has 0 atom stereocenters. The van der Waals surface area contributed by atoms with Gasteiger partial charge in [0.15, 0.2) is 5.96 Å². The third-order valence-electron chi connectivity index (χ3n) is 4.61. The highest BCUT2D eigenvalue weighted by Gasteiger charge is 2.26. The molecule has 0 unspecified atom stereocenters. The van der Waals surface area contributed by atoms with Crippen LogP contribution in [0.5, 0.6) is 0 Å². The summed E-state index contributed by atoms with van der Waals surface area (Å²) in [5.74, 6) is 0.278. The van der Waals surface area contributed by atoms with Crippen LogP contribution in [0.1, 0.15) is 52.9 Å². The molecule has 1 aliphatic heterocycles. The summed E-state index contributed by atoms with van der Waals surface area (Å²) in [6.45, 7) is 7.82. The summed E-state index contributed by atoms with van der Waals surface area (Å²) >= 11 is 0. The molecule has 0 aromatic heterocycles. The van der Waals surface area contributed by atoms with Crippen molar-refractivity contribution in [1.29, 1.82) is 0 Å². The molecule has 1 saturated carbocycles. The number of rotatable bonds is 3. The number of nitrogens with zero attached hydrogens (tertiary/aromatic N) is 3. The topological polar surface area (TPSA) is 100 Å². The first-order valence-electron chi connectivity index (χ1n) is 9.57. The van der Waals surface area contributed by atoms with Gasteiger partial charge in [0.2, 0.25) is 5.91 Å². The van der Waals surface area contributed by atoms with Crippen molar-refractivity contribution in [2.45, 2.75) is 64.5 Å². The molecule has 8 heteroatoms. The Morgan fingerprint density at radius 3 is 2.23 bits per heavy atom. The SMILES string of the molecule is CC(C)(C)OC(=O)N1CCN(C(N)=NCC(=O)NC2CCCCC2)CC1. The highest BCUT2D eigenvalue weighted by atomic mass is 16.6. The number of nitrogens with one attached hydrogen (secondary N) is 1. The Bertz CT molecular complexity index is 515. The maximum Gasteiger partial charge on any atom is 0.410 e. The van der Waals surface area contributed by atoms with E-state index in [0.29, 0.717) is 32.1 Å². The third kappa shape index (κ3) is 6.72. The molecule has 2 amide bonds. The Balaban J connectivity index is 1.73. The van der Waals surface area contributed by atoms with Crippen LogP contribution in [0.2, 0.25) is 0 Å². The molecule has 148 valence electrons. The molecule has 0 spiro atoms. The van der Waals surface area contributed by atoms with Gasteiger partial charge in [-0.05, 0) is 33.6 Å². The van der Waals surface area contributed by atoms with E-state index in [1.54, 1.807) is 4.90 Å². The Hall–Kier alpha value is -1.99. The predicted octanol–water partition coefficient (Wildman–Crippen LogP) is 1.30. The van der Waals surface area contributed by atoms with Gasteiger partial charge in [0, 0.05) is 32.2 Å². The average molecular weight is 367 g/mol. The number of aliphatic imine (C=N–C) groups is 1. The van der Waals surface area contributed by atoms with Gasteiger partial charge >= 0.3 is 6.09 Å². The number of carbonyl (C=O) groups excluding carboxylic acids is 2. The van der Waals surface area contributed by atoms with Crippen LogP contribution in [0.4, 0.5) is 4.79 Å². The first kappa shape index (κ1) is 20.3. The largest absolute Gasteiger partial charge is 0.444 e. The maximum absolute atomic E-state index is 12.1. The van der Waals surface area contributed by atoms with E-state index in [0.717, 1.165) is 12.8 Å². The minimum Gasteiger partial charge on any atom is -0.444 e. The van der Waals surface area contributed by atoms with Gasteiger partial charge in [-0.15, -0.1) is 0 Å². The second kappa shape index (κ2) is 9.09. The molecule has 0 aromatic rings. The Labute approximate surface area is 156 Å². The van der Waals surface area contributed by atoms with Crippen LogP contribution in [0.25, 0.3) is 0 Å². The normalized spacial score (nSPS) is 20.0. The third-order valence-corrected chi connectivity index (χ3v) is 4.61. The standard InChI is InChI=1S/C18H33N5O3/c1-18(2,3)26-17(25)23-11-9-22(10-12-23)16(19)20-13-15(24)21-14-7-5-4-6-8-14/h14H,4-13H2,1-3H3,(H2,19,20)(H,21,24). The molecule has 0 bridgehead atoms. The van der Waals surface area contributed by atoms with Crippen LogP contribution in [-0.2, 0) is 9.53 Å². The average Bonchev–Trinajstić information content (AvgIpc) is 2.59. The molecule has 1 aliphatic carbocycles. The quantitative estimate of drug-likeness (QED) is 0.578. The lowest BCUT2D eigenvalue weighted by Crippen LogP contribution is -2.53. The molecule has 1 heterocycles. The molecule has 2 rings (SSSR count). The van der Waals surface area contributed by atoms with Gasteiger partial charge < -0.3 is 25.6 Å². The Kier molecular flexibility index (Phi) is 7.11. The van der Waals surface area contributed by atoms with Crippen molar-refractivity contribution >= 4 is 18.0 Å². The fourth-order valence-electron chi connectivity index (χ4n) is 3.22. The maximum atomic E-state index is 12.1. The van der Waals surface area contributed by atoms with Crippen molar-refractivity contribution in [3.8, 4) is 0 Å². The van der Waals surface area contributed by atoms with E-state index in [-0.39, 0.29) is 24.6 Å². The lowest BCUT2D eigenvalue weighted by Gasteiger charge is -2.36. The fraction of sp³-hybridized carbons (Fsp3) is 0.833. The van der Waals surface area contributed by atoms with Gasteiger partial charge in [-0.1, -0.05) is 19.3 Å². The minimum atomic E-state index is -0.500. The molecule has 2 aliphatic rings. The van der Waals surface area contributed by atoms with Gasteiger partial charge in [0.1, 0.15) is 12.1 Å². The van der Waals surface area contributed by atoms with E-state index < -0.39 is 5.60 Å². The Morgan fingerprint density at radius 1 is 1.08 bits per heavy atom. The number of carbonyl (C=O) groups is 2. The molecular formula is C18H33N5O3. The van der Waals surface area contributed by atoms with E-state index in [2.05, 4.69) is 10.3 Å². The van der Waals surface area contributed by atoms with Gasteiger partial charge in [0.25, 0.3) is 0 Å². The van der Waals surface area contributed by atoms with Crippen LogP contribution in [0, 0.1) is 0 Å². The second-order valence-corrected chi connectivity index (χ2v) is 8.03. The van der Waals surface area contributed by atoms with Crippen LogP contribution in [-0.4, -0.2) is 72.1 Å². The molecule has 0 aromatic carbocycles. The van der Waals surface area contributed by atoms with Crippen molar-refractivity contribution in [3.63, 3.8) is 0 Å². The molecular weight excluding hydrogens is 334 g/mol. The van der Waals surface area contributed by atoms with E-state index >= 15 is 0 Å². The first-order valence-corrected chi connectivity index (χ1v) is 9.57. The van der Waals surface area contributed by atoms with Gasteiger partial charge in [-0.3, -0.25) is 4.79 Å². The smallest absolute Gasteiger partial charge is 0.410 e. The lowest BCUT2D eigenvalue weighted by atomic mass is 9.95. The molecule has 8 nitrogen and oxygen atoms in total. The highest BCUT2D eigenvalue weighted by molar-refractivity contribution is 5.84. The zero-order valence-corrected chi connectivity index (χ0v) is 16.3. The molecule has 3 N–H and O–H groups in total. The van der Waals surface area contributed by atoms with E-state index in [1.165, 1.54) is 19.3 Å². The van der Waals surface area contributed by atoms with Crippen molar-refractivity contribution in [2.24, 2.45) is 10.7 Å². The Morgan fingerprint density at radius 2 is 1.65 bits per heavy atom. The van der Waals surface area contributed by atoms with Crippen molar-refractivity contribution in [3.05, 3.63) is 0 Å². The summed E-state index contributed by atoms with van der Waals surface area (Å²) in [5.41, 5.74) is 5.51. The second-order valence-electron chi connectivity index (χ2n) is 8.03. The summed E-state index contributed by atoms with van der Waals surface area (Å²) in [5, 5.41) is 3.03. The van der Waals surface area contributed by atoms with Crippen LogP contribution < -0.4 is 11.1 Å². The van der Waals surface area contributed by atoms with E-state index in [1.807, 2.05) is 25.7 Å². The van der Waals surface area contributed by atoms with Crippen LogP contribution in [0.3, 0.4) is 0 Å². The summed E-state index contributed by atoms with van der Waals surface area (Å²) in [7, 11) is 0. The molecule has 26 heavy (non-hydrogen) atoms. The van der Waals surface area contributed by atoms with Crippen LogP contribution >= 0.6 is 0 Å². The van der Waals surface area contributed by atoms with Crippen molar-refractivity contribution < 1.29 is 14.3 Å². The van der Waals surface area contributed by atoms with Crippen molar-refractivity contribution in [2.75, 3.05) is 32.7 Å². The number of hydrogen-bond acceptors (Lipinski definition) is 4. The summed E-state index contributed by atoms with van der Waals surface area (Å²) in [6, 6.07) is 0.282. The lowest BCUT2D eigenvalue weighted by molar-refractivity contribution is -0.120. The van der Waals surface area contributed by atoms with Gasteiger partial charge in [-0.2, -0.15) is 0 Å².